The minimum atomic E-state index is -4.54. The zero-order valence-electron chi connectivity index (χ0n) is 21.1. The van der Waals surface area contributed by atoms with Gasteiger partial charge in [0.05, 0.1) is 65.1 Å². The number of halogens is 4. The lowest BCUT2D eigenvalue weighted by molar-refractivity contribution is -0.137. The summed E-state index contributed by atoms with van der Waals surface area (Å²) in [4.78, 5) is 38.1. The van der Waals surface area contributed by atoms with Crippen molar-refractivity contribution >= 4 is 34.7 Å². The van der Waals surface area contributed by atoms with E-state index in [-0.39, 0.29) is 53.3 Å². The number of pyridine rings is 1. The van der Waals surface area contributed by atoms with Gasteiger partial charge in [-0.1, -0.05) is 23.2 Å². The minimum absolute atomic E-state index is 0.0577. The molecule has 1 atom stereocenters. The second-order valence-corrected chi connectivity index (χ2v) is 9.56. The van der Waals surface area contributed by atoms with Gasteiger partial charge in [0.15, 0.2) is 5.78 Å². The molecule has 3 aromatic rings. The van der Waals surface area contributed by atoms with Gasteiger partial charge in [0.25, 0.3) is 0 Å². The van der Waals surface area contributed by atoms with Gasteiger partial charge >= 0.3 is 12.2 Å². The molecule has 1 aromatic carbocycles. The average Bonchev–Trinajstić information content (AvgIpc) is 3.38. The molecule has 3 heterocycles. The Morgan fingerprint density at radius 1 is 1.15 bits per heavy atom. The molecule has 2 N–H and O–H groups in total. The Balaban J connectivity index is 1.43. The van der Waals surface area contributed by atoms with Crippen LogP contribution >= 0.6 is 11.6 Å². The quantitative estimate of drug-likeness (QED) is 0.353. The molecule has 0 spiro atoms. The maximum absolute atomic E-state index is 13.5. The molecule has 1 amide bonds. The first-order valence-electron chi connectivity index (χ1n) is 11.9. The maximum Gasteiger partial charge on any atom is 0.418 e. The summed E-state index contributed by atoms with van der Waals surface area (Å²) in [5, 5.41) is 5.61. The first-order chi connectivity index (χ1) is 18.5. The van der Waals surface area contributed by atoms with Crippen LogP contribution in [0.2, 0.25) is 5.02 Å². The molecule has 0 radical (unpaired) electrons. The third-order valence-corrected chi connectivity index (χ3v) is 6.64. The lowest BCUT2D eigenvalue weighted by Crippen LogP contribution is -2.43. The van der Waals surface area contributed by atoms with Crippen molar-refractivity contribution in [2.45, 2.75) is 32.5 Å². The molecule has 0 saturated carbocycles. The SMILES string of the molecule is COc1ncc(C(=O)C[C@@]2(C(=O)NCc3ncc(Nc4ccc(C)cc4C(F)(F)F)cc3Cl)CCOC2)cn1. The Bertz CT molecular complexity index is 1360. The van der Waals surface area contributed by atoms with Crippen LogP contribution in [0.5, 0.6) is 6.01 Å². The van der Waals surface area contributed by atoms with Crippen LogP contribution in [0, 0.1) is 12.3 Å². The van der Waals surface area contributed by atoms with Crippen LogP contribution in [-0.4, -0.2) is 47.0 Å². The summed E-state index contributed by atoms with van der Waals surface area (Å²) in [7, 11) is 1.41. The number of alkyl halides is 3. The van der Waals surface area contributed by atoms with Crippen LogP contribution < -0.4 is 15.4 Å². The highest BCUT2D eigenvalue weighted by atomic mass is 35.5. The number of methoxy groups -OCH3 is 1. The van der Waals surface area contributed by atoms with E-state index in [9.17, 15) is 22.8 Å². The van der Waals surface area contributed by atoms with E-state index in [0.717, 1.165) is 6.07 Å². The number of aromatic nitrogens is 3. The molecule has 4 rings (SSSR count). The average molecular weight is 564 g/mol. The predicted molar refractivity (Wildman–Crippen MR) is 136 cm³/mol. The van der Waals surface area contributed by atoms with Gasteiger partial charge in [-0.3, -0.25) is 14.6 Å². The monoisotopic (exact) mass is 563 g/mol. The van der Waals surface area contributed by atoms with Gasteiger partial charge in [-0.05, 0) is 31.5 Å². The smallest absolute Gasteiger partial charge is 0.418 e. The molecule has 13 heteroatoms. The summed E-state index contributed by atoms with van der Waals surface area (Å²) in [5.41, 5.74) is -0.775. The molecule has 0 unspecified atom stereocenters. The summed E-state index contributed by atoms with van der Waals surface area (Å²) in [6.07, 6.45) is -0.320. The highest BCUT2D eigenvalue weighted by molar-refractivity contribution is 6.31. The number of nitrogens with one attached hydrogen (secondary N) is 2. The fourth-order valence-electron chi connectivity index (χ4n) is 4.15. The molecule has 1 aliphatic rings. The normalized spacial score (nSPS) is 17.1. The fraction of sp³-hybridized carbons (Fsp3) is 0.346. The summed E-state index contributed by atoms with van der Waals surface area (Å²) >= 11 is 6.34. The van der Waals surface area contributed by atoms with Gasteiger partial charge in [0, 0.05) is 25.4 Å². The minimum Gasteiger partial charge on any atom is -0.467 e. The van der Waals surface area contributed by atoms with Gasteiger partial charge in [-0.15, -0.1) is 0 Å². The summed E-state index contributed by atoms with van der Waals surface area (Å²) in [5.74, 6) is -0.725. The molecule has 0 aliphatic carbocycles. The number of hydrogen-bond acceptors (Lipinski definition) is 8. The van der Waals surface area contributed by atoms with Crippen molar-refractivity contribution in [3.05, 3.63) is 70.3 Å². The van der Waals surface area contributed by atoms with Crippen molar-refractivity contribution < 1.29 is 32.2 Å². The summed E-state index contributed by atoms with van der Waals surface area (Å²) in [6.45, 7) is 1.89. The van der Waals surface area contributed by atoms with Crippen LogP contribution in [0.25, 0.3) is 0 Å². The summed E-state index contributed by atoms with van der Waals surface area (Å²) in [6, 6.07) is 5.50. The standard InChI is InChI=1S/C26H25ClF3N5O4/c1-15-3-4-20(18(7-15)26(28,29)30)35-17-8-19(27)21(31-12-17)13-32-23(37)25(5-6-39-14-25)9-22(36)16-10-33-24(38-2)34-11-16/h3-4,7-8,10-12,35H,5-6,9,13-14H2,1-2H3,(H,32,37)/t25-/m0/s1. The second kappa shape index (κ2) is 11.5. The van der Waals surface area contributed by atoms with E-state index in [1.54, 1.807) is 13.0 Å². The van der Waals surface area contributed by atoms with Crippen molar-refractivity contribution in [2.75, 3.05) is 25.6 Å². The molecule has 39 heavy (non-hydrogen) atoms. The first kappa shape index (κ1) is 28.2. The highest BCUT2D eigenvalue weighted by Gasteiger charge is 2.44. The van der Waals surface area contributed by atoms with Gasteiger partial charge < -0.3 is 20.1 Å². The van der Waals surface area contributed by atoms with E-state index < -0.39 is 23.1 Å². The molecule has 1 fully saturated rings. The van der Waals surface area contributed by atoms with Crippen molar-refractivity contribution in [1.82, 2.24) is 20.3 Å². The van der Waals surface area contributed by atoms with E-state index in [4.69, 9.17) is 21.1 Å². The largest absolute Gasteiger partial charge is 0.467 e. The van der Waals surface area contributed by atoms with Crippen LogP contribution in [0.1, 0.15) is 40.0 Å². The van der Waals surface area contributed by atoms with E-state index in [1.165, 1.54) is 37.8 Å². The molecule has 1 saturated heterocycles. The number of carbonyl (C=O) groups is 2. The number of anilines is 2. The Morgan fingerprint density at radius 3 is 2.51 bits per heavy atom. The second-order valence-electron chi connectivity index (χ2n) is 9.15. The van der Waals surface area contributed by atoms with Gasteiger partial charge in [-0.2, -0.15) is 13.2 Å². The first-order valence-corrected chi connectivity index (χ1v) is 12.2. The van der Waals surface area contributed by atoms with Crippen molar-refractivity contribution in [2.24, 2.45) is 5.41 Å². The van der Waals surface area contributed by atoms with E-state index in [1.807, 2.05) is 0 Å². The number of aryl methyl sites for hydroxylation is 1. The number of amides is 1. The van der Waals surface area contributed by atoms with Gasteiger partial charge in [-0.25, -0.2) is 9.97 Å². The third-order valence-electron chi connectivity index (χ3n) is 6.31. The Morgan fingerprint density at radius 2 is 1.90 bits per heavy atom. The molecule has 206 valence electrons. The lowest BCUT2D eigenvalue weighted by Gasteiger charge is -2.25. The number of ketones is 1. The molecular formula is C26H25ClF3N5O4. The zero-order chi connectivity index (χ0) is 28.2. The van der Waals surface area contributed by atoms with Crippen LogP contribution in [-0.2, 0) is 22.3 Å². The molecule has 1 aliphatic heterocycles. The van der Waals surface area contributed by atoms with E-state index in [2.05, 4.69) is 25.6 Å². The Labute approximate surface area is 227 Å². The topological polar surface area (TPSA) is 115 Å². The van der Waals surface area contributed by atoms with Crippen LogP contribution in [0.4, 0.5) is 24.5 Å². The van der Waals surface area contributed by atoms with Crippen molar-refractivity contribution in [3.63, 3.8) is 0 Å². The highest BCUT2D eigenvalue weighted by Crippen LogP contribution is 2.37. The number of Topliss-reactive ketones (excluding diaryl/α,β-unsaturated/α-hetero) is 1. The number of carbonyl (C=O) groups excluding carboxylic acids is 2. The maximum atomic E-state index is 13.5. The fourth-order valence-corrected chi connectivity index (χ4v) is 4.39. The predicted octanol–water partition coefficient (Wildman–Crippen LogP) is 4.90. The molecule has 9 nitrogen and oxygen atoms in total. The molecule has 0 bridgehead atoms. The molecule has 2 aromatic heterocycles. The van der Waals surface area contributed by atoms with Gasteiger partial charge in [0.2, 0.25) is 5.91 Å². The Hall–Kier alpha value is -3.77. The lowest BCUT2D eigenvalue weighted by atomic mass is 9.80. The number of benzene rings is 1. The number of hydrogen-bond donors (Lipinski definition) is 2. The molecular weight excluding hydrogens is 539 g/mol. The van der Waals surface area contributed by atoms with Gasteiger partial charge in [0.1, 0.15) is 0 Å². The Kier molecular flexibility index (Phi) is 8.36. The van der Waals surface area contributed by atoms with Crippen LogP contribution in [0.3, 0.4) is 0 Å². The number of nitrogens with zero attached hydrogens (tertiary/aromatic N) is 3. The zero-order valence-corrected chi connectivity index (χ0v) is 21.8. The van der Waals surface area contributed by atoms with Crippen LogP contribution in [0.15, 0.2) is 42.9 Å². The third kappa shape index (κ3) is 6.63. The van der Waals surface area contributed by atoms with Crippen molar-refractivity contribution in [3.8, 4) is 6.01 Å². The van der Waals surface area contributed by atoms with E-state index in [0.29, 0.717) is 24.3 Å². The number of rotatable bonds is 9. The van der Waals surface area contributed by atoms with Crippen molar-refractivity contribution in [1.29, 1.82) is 0 Å². The summed E-state index contributed by atoms with van der Waals surface area (Å²) < 4.78 is 50.7. The van der Waals surface area contributed by atoms with E-state index >= 15 is 0 Å². The number of ether oxygens (including phenoxy) is 2.